The fourth-order valence-electron chi connectivity index (χ4n) is 4.96. The Hall–Kier alpha value is -2.56. The SMILES string of the molecule is C[C@@H](NS(=O)(=O)Cn1ncnn1)[C@H]1C(=O)N2C(C(=O)O)=C(S[C@@H]3CNC(C(=O)N(C)C)C3)[C@H](C)[C@H]12. The van der Waals surface area contributed by atoms with Crippen LogP contribution in [-0.4, -0.2) is 105 Å². The molecule has 16 heteroatoms. The van der Waals surface area contributed by atoms with Crippen molar-refractivity contribution in [3.8, 4) is 0 Å². The lowest BCUT2D eigenvalue weighted by molar-refractivity contribution is -0.157. The second kappa shape index (κ2) is 9.48. The van der Waals surface area contributed by atoms with Gasteiger partial charge in [-0.05, 0) is 18.6 Å². The van der Waals surface area contributed by atoms with Crippen LogP contribution in [0.15, 0.2) is 16.9 Å². The number of thioether (sulfide) groups is 1. The molecule has 0 saturated carbocycles. The van der Waals surface area contributed by atoms with Crippen molar-refractivity contribution in [2.75, 3.05) is 20.6 Å². The number of likely N-dealkylation sites (N-methyl/N-ethyl adjacent to an activating group) is 1. The van der Waals surface area contributed by atoms with Crippen LogP contribution in [0.3, 0.4) is 0 Å². The maximum absolute atomic E-state index is 13.0. The number of hydrogen-bond donors (Lipinski definition) is 3. The first-order valence-electron chi connectivity index (χ1n) is 11.0. The fraction of sp³-hybridized carbons (Fsp3) is 0.684. The number of carbonyl (C=O) groups excluding carboxylic acids is 2. The first-order chi connectivity index (χ1) is 16.4. The van der Waals surface area contributed by atoms with Crippen LogP contribution in [0, 0.1) is 11.8 Å². The Morgan fingerprint density at radius 3 is 2.71 bits per heavy atom. The van der Waals surface area contributed by atoms with Crippen LogP contribution in [0.25, 0.3) is 0 Å². The van der Waals surface area contributed by atoms with Gasteiger partial charge in [-0.2, -0.15) is 0 Å². The van der Waals surface area contributed by atoms with E-state index in [4.69, 9.17) is 0 Å². The van der Waals surface area contributed by atoms with Gasteiger partial charge in [0.05, 0.1) is 18.0 Å². The van der Waals surface area contributed by atoms with E-state index in [0.717, 1.165) is 11.1 Å². The number of fused-ring (bicyclic) bond motifs is 1. The monoisotopic (exact) mass is 528 g/mol. The van der Waals surface area contributed by atoms with Gasteiger partial charge in [-0.25, -0.2) is 17.9 Å². The third kappa shape index (κ3) is 4.79. The van der Waals surface area contributed by atoms with Crippen molar-refractivity contribution in [3.05, 3.63) is 16.9 Å². The predicted octanol–water partition coefficient (Wildman–Crippen LogP) is -1.74. The van der Waals surface area contributed by atoms with Crippen molar-refractivity contribution >= 4 is 39.6 Å². The van der Waals surface area contributed by atoms with Crippen LogP contribution >= 0.6 is 11.8 Å². The van der Waals surface area contributed by atoms with Crippen molar-refractivity contribution in [2.45, 2.75) is 49.5 Å². The second-order valence-electron chi connectivity index (χ2n) is 9.16. The zero-order valence-corrected chi connectivity index (χ0v) is 21.3. The third-order valence-electron chi connectivity index (χ3n) is 6.50. The van der Waals surface area contributed by atoms with E-state index in [1.807, 2.05) is 6.92 Å². The molecular formula is C19H28N8O6S2. The molecule has 0 spiro atoms. The number of rotatable bonds is 9. The molecule has 0 aliphatic carbocycles. The minimum Gasteiger partial charge on any atom is -0.477 e. The van der Waals surface area contributed by atoms with E-state index in [2.05, 4.69) is 25.4 Å². The van der Waals surface area contributed by atoms with Crippen LogP contribution in [-0.2, 0) is 30.3 Å². The Labute approximate surface area is 206 Å². The largest absolute Gasteiger partial charge is 0.477 e. The van der Waals surface area contributed by atoms with Crippen LogP contribution in [0.4, 0.5) is 0 Å². The highest BCUT2D eigenvalue weighted by molar-refractivity contribution is 8.03. The molecule has 2 amide bonds. The predicted molar refractivity (Wildman–Crippen MR) is 124 cm³/mol. The summed E-state index contributed by atoms with van der Waals surface area (Å²) < 4.78 is 27.5. The number of aliphatic carboxylic acids is 1. The van der Waals surface area contributed by atoms with Crippen LogP contribution in [0.1, 0.15) is 20.3 Å². The molecule has 3 aliphatic rings. The summed E-state index contributed by atoms with van der Waals surface area (Å²) in [6.07, 6.45) is 1.66. The number of sulfonamides is 1. The highest BCUT2D eigenvalue weighted by Crippen LogP contribution is 2.51. The molecule has 1 aromatic rings. The topological polar surface area (TPSA) is 180 Å². The molecule has 1 aromatic heterocycles. The summed E-state index contributed by atoms with van der Waals surface area (Å²) in [7, 11) is -0.513. The molecule has 6 atom stereocenters. The average Bonchev–Trinajstić information content (AvgIpc) is 3.47. The number of nitrogens with zero attached hydrogens (tertiary/aromatic N) is 6. The summed E-state index contributed by atoms with van der Waals surface area (Å²) in [5, 5.41) is 23.7. The second-order valence-corrected chi connectivity index (χ2v) is 12.2. The quantitative estimate of drug-likeness (QED) is 0.310. The number of carboxylic acid groups (broad SMARTS) is 1. The molecule has 1 unspecified atom stereocenters. The zero-order valence-electron chi connectivity index (χ0n) is 19.7. The lowest BCUT2D eigenvalue weighted by atomic mass is 9.78. The van der Waals surface area contributed by atoms with Gasteiger partial charge in [-0.1, -0.05) is 6.92 Å². The zero-order chi connectivity index (χ0) is 25.7. The van der Waals surface area contributed by atoms with E-state index in [9.17, 15) is 27.9 Å². The maximum atomic E-state index is 13.0. The average molecular weight is 529 g/mol. The summed E-state index contributed by atoms with van der Waals surface area (Å²) in [4.78, 5) is 41.7. The molecule has 14 nitrogen and oxygen atoms in total. The molecule has 35 heavy (non-hydrogen) atoms. The first kappa shape index (κ1) is 25.5. The number of tetrazole rings is 1. The Morgan fingerprint density at radius 2 is 2.11 bits per heavy atom. The van der Waals surface area contributed by atoms with Crippen molar-refractivity contribution in [1.29, 1.82) is 0 Å². The van der Waals surface area contributed by atoms with Gasteiger partial charge >= 0.3 is 5.97 Å². The minimum atomic E-state index is -3.88. The number of amides is 2. The van der Waals surface area contributed by atoms with E-state index in [0.29, 0.717) is 17.9 Å². The van der Waals surface area contributed by atoms with E-state index < -0.39 is 45.8 Å². The molecule has 3 aliphatic heterocycles. The van der Waals surface area contributed by atoms with Crippen molar-refractivity contribution in [3.63, 3.8) is 0 Å². The Balaban J connectivity index is 1.47. The van der Waals surface area contributed by atoms with Crippen LogP contribution in [0.2, 0.25) is 0 Å². The van der Waals surface area contributed by atoms with Crippen molar-refractivity contribution in [2.24, 2.45) is 11.8 Å². The van der Waals surface area contributed by atoms with Gasteiger partial charge in [-0.15, -0.1) is 26.8 Å². The third-order valence-corrected chi connectivity index (χ3v) is 9.31. The number of carbonyl (C=O) groups is 3. The van der Waals surface area contributed by atoms with Gasteiger partial charge in [0.15, 0.2) is 12.2 Å². The molecule has 4 rings (SSSR count). The number of carboxylic acids is 1. The van der Waals surface area contributed by atoms with E-state index >= 15 is 0 Å². The molecule has 3 N–H and O–H groups in total. The number of β-lactam (4-membered cyclic amide) rings is 1. The first-order valence-corrected chi connectivity index (χ1v) is 13.6. The van der Waals surface area contributed by atoms with Gasteiger partial charge in [0.1, 0.15) is 5.70 Å². The Morgan fingerprint density at radius 1 is 1.40 bits per heavy atom. The van der Waals surface area contributed by atoms with Gasteiger partial charge in [-0.3, -0.25) is 9.59 Å². The number of aromatic nitrogens is 4. The minimum absolute atomic E-state index is 0.0333. The summed E-state index contributed by atoms with van der Waals surface area (Å²) in [5.74, 6) is -3.26. The van der Waals surface area contributed by atoms with E-state index in [1.54, 1.807) is 21.0 Å². The van der Waals surface area contributed by atoms with Gasteiger partial charge < -0.3 is 20.2 Å². The van der Waals surface area contributed by atoms with Gasteiger partial charge in [0.2, 0.25) is 21.8 Å². The van der Waals surface area contributed by atoms with Crippen LogP contribution < -0.4 is 10.0 Å². The Bertz CT molecular complexity index is 1150. The fourth-order valence-corrected chi connectivity index (χ4v) is 7.65. The molecule has 4 heterocycles. The molecule has 0 radical (unpaired) electrons. The van der Waals surface area contributed by atoms with E-state index in [-0.39, 0.29) is 28.8 Å². The summed E-state index contributed by atoms with van der Waals surface area (Å²) >= 11 is 1.38. The van der Waals surface area contributed by atoms with Gasteiger partial charge in [0, 0.05) is 42.8 Å². The maximum Gasteiger partial charge on any atom is 0.353 e. The summed E-state index contributed by atoms with van der Waals surface area (Å²) in [5.41, 5.74) is -0.0574. The normalized spacial score (nSPS) is 29.2. The molecule has 192 valence electrons. The highest BCUT2D eigenvalue weighted by Gasteiger charge is 2.60. The molecule has 2 saturated heterocycles. The molecular weight excluding hydrogens is 500 g/mol. The lowest BCUT2D eigenvalue weighted by Gasteiger charge is -2.47. The molecule has 2 fully saturated rings. The Kier molecular flexibility index (Phi) is 6.91. The standard InChI is InChI=1S/C19H28N8O6S2/c1-9-14-13(10(2)23-35(32,33)8-26-22-7-21-24-26)18(29)27(14)15(19(30)31)16(9)34-11-5-12(20-6-11)17(28)25(3)4/h7,9-14,20,23H,5-6,8H2,1-4H3,(H,30,31)/t9-,10-,11+,12?,13-,14-/m1/s1. The van der Waals surface area contributed by atoms with Crippen LogP contribution in [0.5, 0.6) is 0 Å². The van der Waals surface area contributed by atoms with Crippen molar-refractivity contribution < 1.29 is 27.9 Å². The summed E-state index contributed by atoms with van der Waals surface area (Å²) in [6.45, 7) is 3.97. The number of nitrogens with one attached hydrogen (secondary N) is 2. The van der Waals surface area contributed by atoms with Gasteiger partial charge in [0.25, 0.3) is 0 Å². The van der Waals surface area contributed by atoms with Crippen molar-refractivity contribution in [1.82, 2.24) is 40.0 Å². The van der Waals surface area contributed by atoms with E-state index in [1.165, 1.54) is 21.6 Å². The molecule has 0 aromatic carbocycles. The highest BCUT2D eigenvalue weighted by atomic mass is 32.2. The smallest absolute Gasteiger partial charge is 0.353 e. The summed E-state index contributed by atoms with van der Waals surface area (Å²) in [6, 6.07) is -1.59. The molecule has 0 bridgehead atoms. The number of hydrogen-bond acceptors (Lipinski definition) is 10. The lowest BCUT2D eigenvalue weighted by Crippen LogP contribution is -2.66.